The Morgan fingerprint density at radius 3 is 1.80 bits per heavy atom. The molecule has 0 aromatic heterocycles. The number of rotatable bonds is 18. The normalized spacial score (nSPS) is 20.4. The number of hydrogen-bond acceptors (Lipinski definition) is 4. The Morgan fingerprint density at radius 2 is 1.32 bits per heavy atom. The first-order chi connectivity index (χ1) is 12.4. The molecule has 0 aromatic carbocycles. The van der Waals surface area contributed by atoms with Crippen molar-refractivity contribution in [3.05, 3.63) is 0 Å². The van der Waals surface area contributed by atoms with Gasteiger partial charge in [0.1, 0.15) is 6.10 Å². The third-order valence-corrected chi connectivity index (χ3v) is 4.91. The van der Waals surface area contributed by atoms with Gasteiger partial charge in [-0.3, -0.25) is 0 Å². The Bertz CT molecular complexity index is 273. The fourth-order valence-electron chi connectivity index (χ4n) is 3.27. The van der Waals surface area contributed by atoms with E-state index in [9.17, 15) is 0 Å². The summed E-state index contributed by atoms with van der Waals surface area (Å²) in [7, 11) is 0. The number of ether oxygens (including phenoxy) is 3. The molecule has 1 aliphatic heterocycles. The fourth-order valence-corrected chi connectivity index (χ4v) is 3.27. The summed E-state index contributed by atoms with van der Waals surface area (Å²) in [5.41, 5.74) is 0. The molecule has 1 N–H and O–H groups in total. The average molecular weight is 359 g/mol. The maximum absolute atomic E-state index is 8.95. The van der Waals surface area contributed by atoms with E-state index in [1.54, 1.807) is 0 Å². The van der Waals surface area contributed by atoms with Gasteiger partial charge in [0.05, 0.1) is 19.8 Å². The molecule has 0 amide bonds. The maximum Gasteiger partial charge on any atom is 0.181 e. The van der Waals surface area contributed by atoms with E-state index in [-0.39, 0.29) is 19.0 Å². The Morgan fingerprint density at radius 1 is 0.800 bits per heavy atom. The highest BCUT2D eigenvalue weighted by molar-refractivity contribution is 4.63. The summed E-state index contributed by atoms with van der Waals surface area (Å²) in [5.74, 6) is 0. The van der Waals surface area contributed by atoms with Crippen molar-refractivity contribution < 1.29 is 19.3 Å². The van der Waals surface area contributed by atoms with Crippen LogP contribution in [0.1, 0.15) is 96.8 Å². The molecule has 0 saturated carbocycles. The zero-order valence-electron chi connectivity index (χ0n) is 16.6. The maximum atomic E-state index is 8.95. The van der Waals surface area contributed by atoms with E-state index in [0.717, 1.165) is 13.0 Å². The van der Waals surface area contributed by atoms with Crippen LogP contribution in [0.15, 0.2) is 0 Å². The number of aliphatic hydroxyl groups is 1. The summed E-state index contributed by atoms with van der Waals surface area (Å²) in [6, 6.07) is 0. The van der Waals surface area contributed by atoms with E-state index >= 15 is 0 Å². The van der Waals surface area contributed by atoms with Crippen LogP contribution in [0, 0.1) is 0 Å². The molecular weight excluding hydrogens is 316 g/mol. The molecule has 4 nitrogen and oxygen atoms in total. The molecule has 0 bridgehead atoms. The van der Waals surface area contributed by atoms with Gasteiger partial charge in [-0.15, -0.1) is 0 Å². The van der Waals surface area contributed by atoms with Gasteiger partial charge in [-0.2, -0.15) is 0 Å². The third kappa shape index (κ3) is 13.7. The summed E-state index contributed by atoms with van der Waals surface area (Å²) >= 11 is 0. The fraction of sp³-hybridized carbons (Fsp3) is 1.00. The predicted octanol–water partition coefficient (Wildman–Crippen LogP) is 5.22. The number of unbranched alkanes of at least 4 members (excludes halogenated alkanes) is 13. The lowest BCUT2D eigenvalue weighted by molar-refractivity contribution is -0.109. The minimum Gasteiger partial charge on any atom is -0.394 e. The second-order valence-electron chi connectivity index (χ2n) is 7.37. The highest BCUT2D eigenvalue weighted by atomic mass is 16.7. The molecule has 0 aliphatic carbocycles. The van der Waals surface area contributed by atoms with Crippen LogP contribution in [0.5, 0.6) is 0 Å². The lowest BCUT2D eigenvalue weighted by Crippen LogP contribution is -2.20. The molecule has 1 saturated heterocycles. The lowest BCUT2D eigenvalue weighted by Gasteiger charge is -2.10. The van der Waals surface area contributed by atoms with Gasteiger partial charge in [-0.25, -0.2) is 0 Å². The lowest BCUT2D eigenvalue weighted by atomic mass is 10.0. The van der Waals surface area contributed by atoms with Crippen molar-refractivity contribution >= 4 is 0 Å². The zero-order chi connectivity index (χ0) is 18.0. The second kappa shape index (κ2) is 17.3. The van der Waals surface area contributed by atoms with Gasteiger partial charge >= 0.3 is 0 Å². The molecule has 2 unspecified atom stereocenters. The minimum atomic E-state index is -0.288. The van der Waals surface area contributed by atoms with E-state index in [1.807, 2.05) is 0 Å². The van der Waals surface area contributed by atoms with Crippen LogP contribution in [0.2, 0.25) is 0 Å². The number of aliphatic hydroxyl groups excluding tert-OH is 1. The van der Waals surface area contributed by atoms with Crippen molar-refractivity contribution in [3.8, 4) is 0 Å². The highest BCUT2D eigenvalue weighted by Gasteiger charge is 2.25. The quantitative estimate of drug-likeness (QED) is 0.341. The summed E-state index contributed by atoms with van der Waals surface area (Å²) in [4.78, 5) is 0. The molecule has 0 spiro atoms. The Labute approximate surface area is 155 Å². The smallest absolute Gasteiger partial charge is 0.181 e. The summed E-state index contributed by atoms with van der Waals surface area (Å²) in [5, 5.41) is 8.95. The molecule has 4 heteroatoms. The largest absolute Gasteiger partial charge is 0.394 e. The third-order valence-electron chi connectivity index (χ3n) is 4.91. The highest BCUT2D eigenvalue weighted by Crippen LogP contribution is 2.14. The minimum absolute atomic E-state index is 0.0233. The molecule has 25 heavy (non-hydrogen) atoms. The van der Waals surface area contributed by atoms with Gasteiger partial charge in [0.15, 0.2) is 6.29 Å². The summed E-state index contributed by atoms with van der Waals surface area (Å²) in [6.45, 7) is 4.04. The van der Waals surface area contributed by atoms with Gasteiger partial charge in [0, 0.05) is 6.61 Å². The molecule has 0 radical (unpaired) electrons. The Balaban J connectivity index is 1.68. The van der Waals surface area contributed by atoms with E-state index in [1.165, 1.54) is 83.5 Å². The van der Waals surface area contributed by atoms with E-state index in [0.29, 0.717) is 13.2 Å². The van der Waals surface area contributed by atoms with Crippen molar-refractivity contribution in [1.82, 2.24) is 0 Å². The topological polar surface area (TPSA) is 47.9 Å². The van der Waals surface area contributed by atoms with Crippen molar-refractivity contribution in [2.45, 2.75) is 109 Å². The SMILES string of the molecule is CCCCCCCCCCCCCCCCOCC1OCC(CO)O1. The van der Waals surface area contributed by atoms with Crippen molar-refractivity contribution in [2.75, 3.05) is 26.4 Å². The first-order valence-corrected chi connectivity index (χ1v) is 10.8. The first kappa shape index (κ1) is 22.9. The van der Waals surface area contributed by atoms with Crippen LogP contribution in [0.4, 0.5) is 0 Å². The van der Waals surface area contributed by atoms with Crippen LogP contribution < -0.4 is 0 Å². The molecule has 1 aliphatic rings. The van der Waals surface area contributed by atoms with Crippen LogP contribution in [-0.4, -0.2) is 43.9 Å². The standard InChI is InChI=1S/C21H42O4/c1-2-3-4-5-6-7-8-9-10-11-12-13-14-15-16-23-19-21-24-18-20(17-22)25-21/h20-22H,2-19H2,1H3. The van der Waals surface area contributed by atoms with Gasteiger partial charge in [-0.1, -0.05) is 90.4 Å². The van der Waals surface area contributed by atoms with Gasteiger partial charge in [0.2, 0.25) is 0 Å². The number of hydrogen-bond donors (Lipinski definition) is 1. The van der Waals surface area contributed by atoms with Crippen molar-refractivity contribution in [2.24, 2.45) is 0 Å². The Hall–Kier alpha value is -0.160. The van der Waals surface area contributed by atoms with E-state index in [4.69, 9.17) is 19.3 Å². The molecule has 150 valence electrons. The van der Waals surface area contributed by atoms with E-state index in [2.05, 4.69) is 6.92 Å². The van der Waals surface area contributed by atoms with Gasteiger partial charge in [0.25, 0.3) is 0 Å². The molecule has 1 fully saturated rings. The molecule has 1 rings (SSSR count). The predicted molar refractivity (Wildman–Crippen MR) is 103 cm³/mol. The average Bonchev–Trinajstić information content (AvgIpc) is 3.09. The van der Waals surface area contributed by atoms with Crippen LogP contribution in [-0.2, 0) is 14.2 Å². The van der Waals surface area contributed by atoms with Crippen molar-refractivity contribution in [3.63, 3.8) is 0 Å². The monoisotopic (exact) mass is 358 g/mol. The van der Waals surface area contributed by atoms with Gasteiger partial charge in [-0.05, 0) is 6.42 Å². The van der Waals surface area contributed by atoms with E-state index < -0.39 is 0 Å². The first-order valence-electron chi connectivity index (χ1n) is 10.8. The molecule has 2 atom stereocenters. The Kier molecular flexibility index (Phi) is 15.8. The second-order valence-corrected chi connectivity index (χ2v) is 7.37. The molecular formula is C21H42O4. The van der Waals surface area contributed by atoms with Crippen LogP contribution in [0.25, 0.3) is 0 Å². The van der Waals surface area contributed by atoms with Gasteiger partial charge < -0.3 is 19.3 Å². The summed E-state index contributed by atoms with van der Waals surface area (Å²) < 4.78 is 16.4. The van der Waals surface area contributed by atoms with Crippen molar-refractivity contribution in [1.29, 1.82) is 0 Å². The molecule has 1 heterocycles. The van der Waals surface area contributed by atoms with Crippen LogP contribution in [0.3, 0.4) is 0 Å². The zero-order valence-corrected chi connectivity index (χ0v) is 16.6. The molecule has 0 aromatic rings. The summed E-state index contributed by atoms with van der Waals surface area (Å²) in [6.07, 6.45) is 18.8. The van der Waals surface area contributed by atoms with Crippen LogP contribution >= 0.6 is 0 Å².